The minimum atomic E-state index is -0.294. The molecule has 0 aliphatic rings. The van der Waals surface area contributed by atoms with Gasteiger partial charge in [-0.15, -0.1) is 0 Å². The number of nitrogens with one attached hydrogen (secondary N) is 1. The standard InChI is InChI=1S/C19H19N3O4/c1-2-25-15-7-5-14(6-8-15)17-10-19(24)22(13-21-17)12-18(23)20-11-16-4-3-9-26-16/h3-10,13H,2,11-12H2,1H3,(H,20,23). The summed E-state index contributed by atoms with van der Waals surface area (Å²) < 4.78 is 11.8. The molecule has 1 aromatic carbocycles. The summed E-state index contributed by atoms with van der Waals surface area (Å²) in [5, 5.41) is 2.69. The number of carbonyl (C=O) groups excluding carboxylic acids is 1. The third kappa shape index (κ3) is 4.38. The van der Waals surface area contributed by atoms with Crippen molar-refractivity contribution in [3.63, 3.8) is 0 Å². The normalized spacial score (nSPS) is 10.5. The van der Waals surface area contributed by atoms with Gasteiger partial charge in [-0.3, -0.25) is 14.2 Å². The van der Waals surface area contributed by atoms with Crippen molar-refractivity contribution < 1.29 is 13.9 Å². The van der Waals surface area contributed by atoms with Gasteiger partial charge in [-0.2, -0.15) is 0 Å². The van der Waals surface area contributed by atoms with Crippen LogP contribution in [-0.2, 0) is 17.9 Å². The molecule has 0 aliphatic heterocycles. The van der Waals surface area contributed by atoms with Gasteiger partial charge >= 0.3 is 0 Å². The van der Waals surface area contributed by atoms with Gasteiger partial charge in [-0.25, -0.2) is 4.98 Å². The number of amides is 1. The largest absolute Gasteiger partial charge is 0.494 e. The zero-order chi connectivity index (χ0) is 18.4. The molecular formula is C19H19N3O4. The summed E-state index contributed by atoms with van der Waals surface area (Å²) in [6, 6.07) is 12.3. The molecule has 0 radical (unpaired) electrons. The van der Waals surface area contributed by atoms with Crippen LogP contribution in [0.15, 0.2) is 64.3 Å². The van der Waals surface area contributed by atoms with Crippen molar-refractivity contribution in [3.8, 4) is 17.0 Å². The summed E-state index contributed by atoms with van der Waals surface area (Å²) in [5.74, 6) is 1.12. The molecule has 0 atom stereocenters. The molecule has 3 rings (SSSR count). The van der Waals surface area contributed by atoms with E-state index in [1.165, 1.54) is 23.2 Å². The molecule has 7 nitrogen and oxygen atoms in total. The molecule has 0 spiro atoms. The van der Waals surface area contributed by atoms with Crippen LogP contribution in [-0.4, -0.2) is 22.1 Å². The highest BCUT2D eigenvalue weighted by molar-refractivity contribution is 5.75. The van der Waals surface area contributed by atoms with Crippen LogP contribution < -0.4 is 15.6 Å². The molecule has 26 heavy (non-hydrogen) atoms. The molecule has 0 bridgehead atoms. The third-order valence-electron chi connectivity index (χ3n) is 3.69. The van der Waals surface area contributed by atoms with Gasteiger partial charge in [0.15, 0.2) is 0 Å². The van der Waals surface area contributed by atoms with Crippen molar-refractivity contribution in [2.45, 2.75) is 20.0 Å². The van der Waals surface area contributed by atoms with Gasteiger partial charge in [-0.1, -0.05) is 0 Å². The SMILES string of the molecule is CCOc1ccc(-c2cc(=O)n(CC(=O)NCc3ccco3)cn2)cc1. The van der Waals surface area contributed by atoms with Gasteiger partial charge in [0, 0.05) is 11.6 Å². The van der Waals surface area contributed by atoms with Crippen molar-refractivity contribution >= 4 is 5.91 Å². The van der Waals surface area contributed by atoms with Crippen molar-refractivity contribution in [1.82, 2.24) is 14.9 Å². The van der Waals surface area contributed by atoms with Gasteiger partial charge in [0.1, 0.15) is 18.1 Å². The lowest BCUT2D eigenvalue weighted by atomic mass is 10.1. The fourth-order valence-electron chi connectivity index (χ4n) is 2.40. The summed E-state index contributed by atoms with van der Waals surface area (Å²) in [7, 11) is 0. The zero-order valence-corrected chi connectivity index (χ0v) is 14.3. The number of carbonyl (C=O) groups is 1. The smallest absolute Gasteiger partial charge is 0.254 e. The molecule has 3 aromatic rings. The zero-order valence-electron chi connectivity index (χ0n) is 14.3. The first-order valence-corrected chi connectivity index (χ1v) is 8.24. The fraction of sp³-hybridized carbons (Fsp3) is 0.211. The highest BCUT2D eigenvalue weighted by Crippen LogP contribution is 2.19. The average Bonchev–Trinajstić information content (AvgIpc) is 3.16. The predicted molar refractivity (Wildman–Crippen MR) is 95.7 cm³/mol. The maximum atomic E-state index is 12.3. The van der Waals surface area contributed by atoms with Crippen molar-refractivity contribution in [3.05, 3.63) is 71.2 Å². The van der Waals surface area contributed by atoms with Crippen molar-refractivity contribution in [2.24, 2.45) is 0 Å². The van der Waals surface area contributed by atoms with Gasteiger partial charge < -0.3 is 14.5 Å². The number of rotatable bonds is 7. The van der Waals surface area contributed by atoms with Crippen LogP contribution in [0.2, 0.25) is 0 Å². The van der Waals surface area contributed by atoms with Crippen LogP contribution >= 0.6 is 0 Å². The first kappa shape index (κ1) is 17.5. The molecule has 1 N–H and O–H groups in total. The van der Waals surface area contributed by atoms with E-state index in [2.05, 4.69) is 10.3 Å². The summed E-state index contributed by atoms with van der Waals surface area (Å²) >= 11 is 0. The molecule has 0 fully saturated rings. The Labute approximate surface area is 150 Å². The first-order valence-electron chi connectivity index (χ1n) is 8.24. The highest BCUT2D eigenvalue weighted by atomic mass is 16.5. The van der Waals surface area contributed by atoms with Gasteiger partial charge in [0.2, 0.25) is 5.91 Å². The number of furan rings is 1. The lowest BCUT2D eigenvalue weighted by Gasteiger charge is -2.08. The molecule has 0 saturated carbocycles. The van der Waals surface area contributed by atoms with Crippen LogP contribution in [0.4, 0.5) is 0 Å². The molecule has 0 aliphatic carbocycles. The Morgan fingerprint density at radius 1 is 1.27 bits per heavy atom. The van der Waals surface area contributed by atoms with Crippen molar-refractivity contribution in [2.75, 3.05) is 6.61 Å². The number of ether oxygens (including phenoxy) is 1. The number of aromatic nitrogens is 2. The molecule has 0 saturated heterocycles. The second-order valence-corrected chi connectivity index (χ2v) is 5.55. The summed E-state index contributed by atoms with van der Waals surface area (Å²) in [6.45, 7) is 2.68. The second kappa shape index (κ2) is 8.15. The Kier molecular flexibility index (Phi) is 5.48. The summed E-state index contributed by atoms with van der Waals surface area (Å²) in [6.07, 6.45) is 2.91. The number of hydrogen-bond donors (Lipinski definition) is 1. The van der Waals surface area contributed by atoms with E-state index in [0.29, 0.717) is 18.1 Å². The Bertz CT molecular complexity index is 915. The molecule has 2 aromatic heterocycles. The Morgan fingerprint density at radius 2 is 2.08 bits per heavy atom. The van der Waals surface area contributed by atoms with Gasteiger partial charge in [0.05, 0.1) is 31.4 Å². The van der Waals surface area contributed by atoms with Crippen LogP contribution in [0, 0.1) is 0 Å². The van der Waals surface area contributed by atoms with E-state index in [9.17, 15) is 9.59 Å². The van der Waals surface area contributed by atoms with E-state index >= 15 is 0 Å². The van der Waals surface area contributed by atoms with Crippen LogP contribution in [0.5, 0.6) is 5.75 Å². The average molecular weight is 353 g/mol. The maximum absolute atomic E-state index is 12.3. The number of hydrogen-bond acceptors (Lipinski definition) is 5. The Hall–Kier alpha value is -3.35. The topological polar surface area (TPSA) is 86.4 Å². The van der Waals surface area contributed by atoms with E-state index in [4.69, 9.17) is 9.15 Å². The van der Waals surface area contributed by atoms with Gasteiger partial charge in [0.25, 0.3) is 5.56 Å². The first-order chi connectivity index (χ1) is 12.7. The lowest BCUT2D eigenvalue weighted by Crippen LogP contribution is -2.31. The summed E-state index contributed by atoms with van der Waals surface area (Å²) in [4.78, 5) is 28.5. The van der Waals surface area contributed by atoms with E-state index in [1.807, 2.05) is 31.2 Å². The van der Waals surface area contributed by atoms with Crippen LogP contribution in [0.1, 0.15) is 12.7 Å². The highest BCUT2D eigenvalue weighted by Gasteiger charge is 2.08. The molecule has 1 amide bonds. The van der Waals surface area contributed by atoms with E-state index in [-0.39, 0.29) is 24.6 Å². The van der Waals surface area contributed by atoms with Crippen molar-refractivity contribution in [1.29, 1.82) is 0 Å². The minimum Gasteiger partial charge on any atom is -0.494 e. The molecule has 7 heteroatoms. The van der Waals surface area contributed by atoms with E-state index in [0.717, 1.165) is 11.3 Å². The quantitative estimate of drug-likeness (QED) is 0.704. The molecular weight excluding hydrogens is 334 g/mol. The monoisotopic (exact) mass is 353 g/mol. The minimum absolute atomic E-state index is 0.101. The Balaban J connectivity index is 1.65. The second-order valence-electron chi connectivity index (χ2n) is 5.55. The van der Waals surface area contributed by atoms with Crippen LogP contribution in [0.3, 0.4) is 0 Å². The number of benzene rings is 1. The van der Waals surface area contributed by atoms with E-state index in [1.54, 1.807) is 12.1 Å². The summed E-state index contributed by atoms with van der Waals surface area (Å²) in [5.41, 5.74) is 1.06. The molecule has 134 valence electrons. The van der Waals surface area contributed by atoms with Crippen LogP contribution in [0.25, 0.3) is 11.3 Å². The fourth-order valence-corrected chi connectivity index (χ4v) is 2.40. The molecule has 2 heterocycles. The Morgan fingerprint density at radius 3 is 2.73 bits per heavy atom. The molecule has 0 unspecified atom stereocenters. The van der Waals surface area contributed by atoms with Gasteiger partial charge in [-0.05, 0) is 43.3 Å². The number of nitrogens with zero attached hydrogens (tertiary/aromatic N) is 2. The predicted octanol–water partition coefficient (Wildman–Crippen LogP) is 2.22. The third-order valence-corrected chi connectivity index (χ3v) is 3.69. The lowest BCUT2D eigenvalue weighted by molar-refractivity contribution is -0.122. The maximum Gasteiger partial charge on any atom is 0.254 e. The van der Waals surface area contributed by atoms with E-state index < -0.39 is 0 Å².